The second-order valence-corrected chi connectivity index (χ2v) is 12.1. The van der Waals surface area contributed by atoms with Crippen LogP contribution in [0.15, 0.2) is 62.3 Å². The average molecular weight is 547 g/mol. The summed E-state index contributed by atoms with van der Waals surface area (Å²) in [5.74, 6) is -0.210. The molecule has 0 bridgehead atoms. The molecule has 0 fully saturated rings. The van der Waals surface area contributed by atoms with Gasteiger partial charge in [0.1, 0.15) is 0 Å². The third-order valence-corrected chi connectivity index (χ3v) is 10.1. The predicted molar refractivity (Wildman–Crippen MR) is 131 cm³/mol. The topological polar surface area (TPSA) is 39.1 Å². The van der Waals surface area contributed by atoms with Crippen LogP contribution in [0.4, 0.5) is 0 Å². The minimum atomic E-state index is -0.466. The van der Waals surface area contributed by atoms with E-state index in [1.807, 2.05) is 14.2 Å². The van der Waals surface area contributed by atoms with Crippen LogP contribution in [0.2, 0.25) is 0 Å². The molecule has 7 rings (SSSR count). The summed E-state index contributed by atoms with van der Waals surface area (Å²) in [7, 11) is 0. The Morgan fingerprint density at radius 3 is 2.41 bits per heavy atom. The summed E-state index contributed by atoms with van der Waals surface area (Å²) >= 11 is 1.20. The van der Waals surface area contributed by atoms with E-state index in [1.165, 1.54) is 37.9 Å². The quantitative estimate of drug-likeness (QED) is 0.147. The first-order chi connectivity index (χ1) is 15.5. The number of rotatable bonds is 1. The van der Waals surface area contributed by atoms with Crippen molar-refractivity contribution >= 4 is 71.2 Å². The summed E-state index contributed by atoms with van der Waals surface area (Å²) in [6.45, 7) is 4.53. The molecule has 0 unspecified atom stereocenters. The van der Waals surface area contributed by atoms with Gasteiger partial charge in [0.25, 0.3) is 0 Å². The van der Waals surface area contributed by atoms with Crippen LogP contribution >= 0.6 is 11.3 Å². The van der Waals surface area contributed by atoms with Gasteiger partial charge in [-0.2, -0.15) is 0 Å². The summed E-state index contributed by atoms with van der Waals surface area (Å²) in [6.07, 6.45) is 1.82. The zero-order valence-electron chi connectivity index (χ0n) is 17.4. The summed E-state index contributed by atoms with van der Waals surface area (Å²) < 4.78 is 6.35. The van der Waals surface area contributed by atoms with Gasteiger partial charge in [0.2, 0.25) is 0 Å². The van der Waals surface area contributed by atoms with E-state index in [1.54, 1.807) is 11.3 Å². The normalized spacial score (nSPS) is 16.1. The number of nitrogens with zero attached hydrogens (tertiary/aromatic N) is 1. The summed E-state index contributed by atoms with van der Waals surface area (Å²) in [4.78, 5) is 26.7. The Bertz CT molecular complexity index is 1660. The molecule has 3 aromatic heterocycles. The molecule has 5 heteroatoms. The molecule has 5 aromatic rings. The predicted octanol–water partition coefficient (Wildman–Crippen LogP) is 6.00. The van der Waals surface area contributed by atoms with E-state index in [0.29, 0.717) is 16.7 Å². The van der Waals surface area contributed by atoms with E-state index in [2.05, 4.69) is 66.9 Å². The molecule has 3 nitrogen and oxygen atoms in total. The van der Waals surface area contributed by atoms with E-state index < -0.39 is 20.4 Å². The monoisotopic (exact) mass is 549 g/mol. The fraction of sp³-hybridized carbons (Fsp3) is 0.111. The first kappa shape index (κ1) is 18.8. The zero-order valence-corrected chi connectivity index (χ0v) is 20.6. The standard InChI is InChI=1S/C27H17NO2STe/c1-27(2)20-8-5-7-16-15-6-3-4-9-22(15)28(23(16)20)26-21(27)11-14(31-26)10-17-24(29)18-12-32-13-19(18)25(17)30/h3-13H,1-2H3. The molecule has 154 valence electrons. The fourth-order valence-corrected chi connectivity index (χ4v) is 8.87. The first-order valence-electron chi connectivity index (χ1n) is 10.5. The van der Waals surface area contributed by atoms with Gasteiger partial charge >= 0.3 is 193 Å². The van der Waals surface area contributed by atoms with Crippen molar-refractivity contribution in [1.29, 1.82) is 0 Å². The number of para-hydroxylation sites is 2. The molecule has 0 saturated heterocycles. The van der Waals surface area contributed by atoms with Crippen LogP contribution in [0, 0.1) is 0 Å². The molecular weight excluding hydrogens is 530 g/mol. The molecule has 0 atom stereocenters. The first-order valence-corrected chi connectivity index (χ1v) is 14.0. The van der Waals surface area contributed by atoms with Crippen molar-refractivity contribution in [2.24, 2.45) is 0 Å². The fourth-order valence-electron chi connectivity index (χ4n) is 5.28. The second kappa shape index (κ2) is 6.20. The molecule has 2 aliphatic rings. The molecule has 32 heavy (non-hydrogen) atoms. The third-order valence-electron chi connectivity index (χ3n) is 6.90. The van der Waals surface area contributed by atoms with Gasteiger partial charge < -0.3 is 0 Å². The van der Waals surface area contributed by atoms with Crippen molar-refractivity contribution in [2.45, 2.75) is 19.3 Å². The Morgan fingerprint density at radius 2 is 1.62 bits per heavy atom. The molecule has 2 aromatic carbocycles. The van der Waals surface area contributed by atoms with Gasteiger partial charge in [-0.1, -0.05) is 6.07 Å². The molecule has 0 N–H and O–H groups in total. The Labute approximate surface area is 198 Å². The van der Waals surface area contributed by atoms with Gasteiger partial charge in [0.05, 0.1) is 0 Å². The van der Waals surface area contributed by atoms with Gasteiger partial charge in [0, 0.05) is 0 Å². The maximum atomic E-state index is 12.9. The van der Waals surface area contributed by atoms with Gasteiger partial charge in [0.15, 0.2) is 0 Å². The van der Waals surface area contributed by atoms with Crippen LogP contribution in [0.25, 0.3) is 32.9 Å². The van der Waals surface area contributed by atoms with Crippen LogP contribution in [0.1, 0.15) is 50.6 Å². The van der Waals surface area contributed by atoms with Crippen LogP contribution in [0.3, 0.4) is 0 Å². The van der Waals surface area contributed by atoms with E-state index in [4.69, 9.17) is 0 Å². The average Bonchev–Trinajstić information content (AvgIpc) is 3.54. The number of fused-ring (bicyclic) bond motifs is 6. The van der Waals surface area contributed by atoms with Crippen molar-refractivity contribution in [1.82, 2.24) is 4.57 Å². The summed E-state index contributed by atoms with van der Waals surface area (Å²) in [5.41, 5.74) is 6.39. The van der Waals surface area contributed by atoms with Crippen LogP contribution in [-0.2, 0) is 5.41 Å². The Kier molecular flexibility index (Phi) is 3.65. The van der Waals surface area contributed by atoms with Crippen LogP contribution in [0.5, 0.6) is 0 Å². The second-order valence-electron chi connectivity index (χ2n) is 8.96. The van der Waals surface area contributed by atoms with Gasteiger partial charge in [-0.25, -0.2) is 0 Å². The number of Topliss-reactive ketones (excluding diaryl/α,β-unsaturated/α-hetero) is 2. The number of ketones is 2. The molecule has 1 aliphatic carbocycles. The maximum absolute atomic E-state index is 12.9. The summed E-state index contributed by atoms with van der Waals surface area (Å²) in [6, 6.07) is 17.3. The number of carbonyl (C=O) groups excluding carboxylic acids is 2. The van der Waals surface area contributed by atoms with Crippen molar-refractivity contribution in [3.63, 3.8) is 0 Å². The number of carbonyl (C=O) groups is 2. The van der Waals surface area contributed by atoms with E-state index in [9.17, 15) is 9.59 Å². The van der Waals surface area contributed by atoms with Gasteiger partial charge in [-0.05, 0) is 0 Å². The Morgan fingerprint density at radius 1 is 0.906 bits per heavy atom. The van der Waals surface area contributed by atoms with Gasteiger partial charge in [-0.3, -0.25) is 0 Å². The number of hydrogen-bond donors (Lipinski definition) is 0. The number of thiophene rings is 1. The zero-order chi connectivity index (χ0) is 21.8. The minimum absolute atomic E-state index is 0.105. The Hall–Kier alpha value is -2.71. The number of aromatic nitrogens is 1. The van der Waals surface area contributed by atoms with E-state index in [0.717, 1.165) is 4.88 Å². The SMILES string of the molecule is CC1(C)c2cc(C=C3C(=O)c4c[te]cc4C3=O)sc2-n2c3ccccc3c3cccc1c32. The van der Waals surface area contributed by atoms with Crippen LogP contribution < -0.4 is 0 Å². The van der Waals surface area contributed by atoms with Crippen LogP contribution in [-0.4, -0.2) is 36.6 Å². The molecule has 0 saturated carbocycles. The third kappa shape index (κ3) is 2.21. The number of hydrogen-bond acceptors (Lipinski definition) is 3. The molecule has 0 spiro atoms. The molecular formula is C27H17NO2STe. The van der Waals surface area contributed by atoms with Crippen molar-refractivity contribution < 1.29 is 9.59 Å². The summed E-state index contributed by atoms with van der Waals surface area (Å²) in [5, 5.41) is 3.69. The van der Waals surface area contributed by atoms with E-state index >= 15 is 0 Å². The van der Waals surface area contributed by atoms with E-state index in [-0.39, 0.29) is 17.0 Å². The molecule has 0 amide bonds. The molecule has 1 aliphatic heterocycles. The molecule has 0 radical (unpaired) electrons. The van der Waals surface area contributed by atoms with Crippen molar-refractivity contribution in [2.75, 3.05) is 0 Å². The number of allylic oxidation sites excluding steroid dienone is 1. The molecule has 4 heterocycles. The van der Waals surface area contributed by atoms with Crippen molar-refractivity contribution in [3.05, 3.63) is 89.4 Å². The van der Waals surface area contributed by atoms with Gasteiger partial charge in [-0.15, -0.1) is 0 Å². The van der Waals surface area contributed by atoms with Crippen molar-refractivity contribution in [3.8, 4) is 5.00 Å². The Balaban J connectivity index is 1.51. The number of benzene rings is 2.